The fraction of sp³-hybridized carbons (Fsp3) is 0.476. The normalized spacial score (nSPS) is 22.5. The average Bonchev–Trinajstić information content (AvgIpc) is 3.38. The van der Waals surface area contributed by atoms with Crippen LogP contribution >= 0.6 is 11.3 Å². The van der Waals surface area contributed by atoms with Crippen LogP contribution in [0.4, 0.5) is 13.2 Å². The van der Waals surface area contributed by atoms with Gasteiger partial charge in [-0.15, -0.1) is 11.3 Å². The zero-order valence-electron chi connectivity index (χ0n) is 17.3. The van der Waals surface area contributed by atoms with E-state index >= 15 is 0 Å². The van der Waals surface area contributed by atoms with E-state index in [4.69, 9.17) is 19.4 Å². The number of alkyl halides is 3. The highest BCUT2D eigenvalue weighted by Gasteiger charge is 2.49. The Morgan fingerprint density at radius 2 is 2.16 bits per heavy atom. The minimum atomic E-state index is -5.08. The predicted octanol–water partition coefficient (Wildman–Crippen LogP) is 3.79. The Balaban J connectivity index is 0.000000360. The second kappa shape index (κ2) is 9.86. The predicted molar refractivity (Wildman–Crippen MR) is 110 cm³/mol. The van der Waals surface area contributed by atoms with Gasteiger partial charge in [0.2, 0.25) is 0 Å². The van der Waals surface area contributed by atoms with Gasteiger partial charge in [0, 0.05) is 25.9 Å². The molecular formula is C21H23F3N2O5S. The quantitative estimate of drug-likeness (QED) is 0.729. The summed E-state index contributed by atoms with van der Waals surface area (Å²) in [5, 5.41) is 9.11. The van der Waals surface area contributed by atoms with Crippen molar-refractivity contribution in [3.63, 3.8) is 0 Å². The van der Waals surface area contributed by atoms with E-state index in [1.54, 1.807) is 12.4 Å². The summed E-state index contributed by atoms with van der Waals surface area (Å²) in [4.78, 5) is 28.8. The van der Waals surface area contributed by atoms with Gasteiger partial charge in [-0.3, -0.25) is 9.78 Å². The van der Waals surface area contributed by atoms with Crippen LogP contribution in [-0.4, -0.2) is 65.5 Å². The number of pyridine rings is 1. The number of amides is 1. The van der Waals surface area contributed by atoms with Crippen molar-refractivity contribution in [3.05, 3.63) is 46.4 Å². The molecule has 1 N–H and O–H groups in total. The minimum Gasteiger partial charge on any atom is -0.491 e. The number of likely N-dealkylation sites (tertiary alicyclic amines) is 1. The zero-order chi connectivity index (χ0) is 23.4. The smallest absolute Gasteiger partial charge is 0.490 e. The lowest BCUT2D eigenvalue weighted by molar-refractivity contribution is -0.192. The number of carboxylic acids is 1. The number of aryl methyl sites for hydroxylation is 1. The van der Waals surface area contributed by atoms with Gasteiger partial charge in [-0.25, -0.2) is 4.79 Å². The molecule has 0 aromatic carbocycles. The highest BCUT2D eigenvalue weighted by molar-refractivity contribution is 7.12. The first-order valence-corrected chi connectivity index (χ1v) is 10.8. The maximum Gasteiger partial charge on any atom is 0.490 e. The van der Waals surface area contributed by atoms with Crippen LogP contribution in [0.2, 0.25) is 0 Å². The van der Waals surface area contributed by atoms with Crippen molar-refractivity contribution < 1.29 is 37.3 Å². The first-order valence-electron chi connectivity index (χ1n) is 9.90. The number of piperidine rings is 1. The zero-order valence-corrected chi connectivity index (χ0v) is 18.1. The van der Waals surface area contributed by atoms with Crippen molar-refractivity contribution in [2.45, 2.75) is 32.0 Å². The summed E-state index contributed by atoms with van der Waals surface area (Å²) in [6, 6.07) is 5.78. The van der Waals surface area contributed by atoms with Crippen molar-refractivity contribution in [2.75, 3.05) is 26.3 Å². The van der Waals surface area contributed by atoms with Crippen LogP contribution in [0.25, 0.3) is 0 Å². The molecule has 32 heavy (non-hydrogen) atoms. The van der Waals surface area contributed by atoms with Gasteiger partial charge >= 0.3 is 12.1 Å². The Kier molecular flexibility index (Phi) is 7.40. The molecule has 7 nitrogen and oxygen atoms in total. The van der Waals surface area contributed by atoms with E-state index in [2.05, 4.69) is 4.98 Å². The second-order valence-electron chi connectivity index (χ2n) is 7.70. The van der Waals surface area contributed by atoms with Gasteiger partial charge in [-0.2, -0.15) is 13.2 Å². The first-order chi connectivity index (χ1) is 15.1. The number of aliphatic carboxylic acids is 1. The van der Waals surface area contributed by atoms with Crippen molar-refractivity contribution in [1.29, 1.82) is 0 Å². The van der Waals surface area contributed by atoms with Gasteiger partial charge < -0.3 is 19.5 Å². The van der Waals surface area contributed by atoms with Gasteiger partial charge in [-0.1, -0.05) is 0 Å². The van der Waals surface area contributed by atoms with Crippen LogP contribution < -0.4 is 4.74 Å². The van der Waals surface area contributed by atoms with E-state index < -0.39 is 12.1 Å². The van der Waals surface area contributed by atoms with E-state index in [0.29, 0.717) is 13.2 Å². The fourth-order valence-corrected chi connectivity index (χ4v) is 4.72. The molecule has 0 spiro atoms. The summed E-state index contributed by atoms with van der Waals surface area (Å²) in [5.74, 6) is -1.86. The van der Waals surface area contributed by atoms with Crippen LogP contribution in [0.5, 0.6) is 5.75 Å². The Morgan fingerprint density at radius 1 is 1.41 bits per heavy atom. The molecular weight excluding hydrogens is 449 g/mol. The summed E-state index contributed by atoms with van der Waals surface area (Å²) in [6.07, 6.45) is 0.328. The molecule has 0 saturated carbocycles. The van der Waals surface area contributed by atoms with Gasteiger partial charge in [-0.05, 0) is 48.9 Å². The first kappa shape index (κ1) is 24.0. The molecule has 0 radical (unpaired) electrons. The Hall–Kier alpha value is -2.66. The highest BCUT2D eigenvalue weighted by Crippen LogP contribution is 2.42. The minimum absolute atomic E-state index is 0.130. The van der Waals surface area contributed by atoms with E-state index in [1.807, 2.05) is 35.4 Å². The molecule has 174 valence electrons. The topological polar surface area (TPSA) is 89.0 Å². The lowest BCUT2D eigenvalue weighted by atomic mass is 9.77. The molecule has 2 aliphatic heterocycles. The van der Waals surface area contributed by atoms with Crippen LogP contribution in [0, 0.1) is 12.3 Å². The van der Waals surface area contributed by atoms with Crippen LogP contribution in [0.1, 0.15) is 28.1 Å². The van der Waals surface area contributed by atoms with Crippen molar-refractivity contribution >= 4 is 23.2 Å². The van der Waals surface area contributed by atoms with Crippen molar-refractivity contribution in [2.24, 2.45) is 5.41 Å². The second-order valence-corrected chi connectivity index (χ2v) is 8.62. The number of fused-ring (bicyclic) bond motifs is 1. The number of halogens is 3. The van der Waals surface area contributed by atoms with Gasteiger partial charge in [0.1, 0.15) is 5.75 Å². The maximum absolute atomic E-state index is 12.9. The third-order valence-electron chi connectivity index (χ3n) is 5.52. The molecule has 2 aromatic heterocycles. The third-order valence-corrected chi connectivity index (χ3v) is 6.52. The molecule has 2 atom stereocenters. The Morgan fingerprint density at radius 3 is 2.75 bits per heavy atom. The molecule has 2 saturated heterocycles. The summed E-state index contributed by atoms with van der Waals surface area (Å²) in [6.45, 7) is 4.72. The van der Waals surface area contributed by atoms with E-state index in [9.17, 15) is 18.0 Å². The molecule has 2 fully saturated rings. The number of rotatable bonds is 4. The monoisotopic (exact) mass is 472 g/mol. The van der Waals surface area contributed by atoms with Gasteiger partial charge in [0.05, 0.1) is 29.2 Å². The average molecular weight is 472 g/mol. The molecule has 11 heteroatoms. The Labute approximate surface area is 186 Å². The summed E-state index contributed by atoms with van der Waals surface area (Å²) >= 11 is 1.52. The Bertz CT molecular complexity index is 937. The number of ether oxygens (including phenoxy) is 2. The van der Waals surface area contributed by atoms with Crippen LogP contribution in [-0.2, 0) is 9.53 Å². The number of nitrogens with zero attached hydrogens (tertiary/aromatic N) is 2. The molecule has 1 amide bonds. The van der Waals surface area contributed by atoms with Crippen molar-refractivity contribution in [3.8, 4) is 5.75 Å². The SMILES string of the molecule is Cc1ccsc1C(=O)N1CC[C@H]2OCC[C@@]2(COc2cccnc2)C1.O=C(O)C(F)(F)F. The van der Waals surface area contributed by atoms with Gasteiger partial charge in [0.15, 0.2) is 0 Å². The molecule has 4 heterocycles. The lowest BCUT2D eigenvalue weighted by Gasteiger charge is -2.43. The largest absolute Gasteiger partial charge is 0.491 e. The van der Waals surface area contributed by atoms with Crippen LogP contribution in [0.15, 0.2) is 36.0 Å². The number of carbonyl (C=O) groups is 2. The molecule has 0 aliphatic carbocycles. The number of carbonyl (C=O) groups excluding carboxylic acids is 1. The van der Waals surface area contributed by atoms with E-state index in [1.165, 1.54) is 11.3 Å². The van der Waals surface area contributed by atoms with E-state index in [0.717, 1.165) is 42.2 Å². The fourth-order valence-electron chi connectivity index (χ4n) is 3.82. The summed E-state index contributed by atoms with van der Waals surface area (Å²) in [7, 11) is 0. The summed E-state index contributed by atoms with van der Waals surface area (Å²) in [5.41, 5.74) is 0.926. The number of aromatic nitrogens is 1. The molecule has 2 aliphatic rings. The van der Waals surface area contributed by atoms with E-state index in [-0.39, 0.29) is 17.4 Å². The van der Waals surface area contributed by atoms with Crippen LogP contribution in [0.3, 0.4) is 0 Å². The molecule has 2 aromatic rings. The number of carboxylic acid groups (broad SMARTS) is 1. The standard InChI is InChI=1S/C19H22N2O3S.C2HF3O2/c1-14-5-10-25-17(14)18(22)21-8-4-16-19(12-21,6-9-23-16)13-24-15-3-2-7-20-11-15;3-2(4,5)1(6)7/h2-3,5,7,10-11,16H,4,6,8-9,12-13H2,1H3;(H,6,7)/t16-,19+;/m1./s1. The number of hydrogen-bond acceptors (Lipinski definition) is 6. The molecule has 4 rings (SSSR count). The van der Waals surface area contributed by atoms with Gasteiger partial charge in [0.25, 0.3) is 5.91 Å². The lowest BCUT2D eigenvalue weighted by Crippen LogP contribution is -2.54. The van der Waals surface area contributed by atoms with Crippen molar-refractivity contribution in [1.82, 2.24) is 9.88 Å². The molecule has 0 unspecified atom stereocenters. The highest BCUT2D eigenvalue weighted by atomic mass is 32.1. The maximum atomic E-state index is 12.9. The summed E-state index contributed by atoms with van der Waals surface area (Å²) < 4.78 is 43.7. The number of hydrogen-bond donors (Lipinski definition) is 1. The number of thiophene rings is 1. The molecule has 0 bridgehead atoms. The third kappa shape index (κ3) is 5.57.